The summed E-state index contributed by atoms with van der Waals surface area (Å²) >= 11 is 1.29. The van der Waals surface area contributed by atoms with Gasteiger partial charge in [0.05, 0.1) is 17.7 Å². The molecule has 0 spiro atoms. The van der Waals surface area contributed by atoms with Gasteiger partial charge in [0.25, 0.3) is 0 Å². The first-order valence-electron chi connectivity index (χ1n) is 9.60. The second-order valence-corrected chi connectivity index (χ2v) is 7.68. The van der Waals surface area contributed by atoms with Gasteiger partial charge >= 0.3 is 0 Å². The number of amides is 1. The average molecular weight is 424 g/mol. The van der Waals surface area contributed by atoms with Crippen LogP contribution in [0.5, 0.6) is 0 Å². The van der Waals surface area contributed by atoms with Crippen molar-refractivity contribution < 1.29 is 9.18 Å². The van der Waals surface area contributed by atoms with Crippen LogP contribution in [0.2, 0.25) is 0 Å². The molecule has 2 aromatic carbocycles. The Kier molecular flexibility index (Phi) is 7.20. The predicted octanol–water partition coefficient (Wildman–Crippen LogP) is 4.17. The number of carbonyl (C=O) groups is 1. The molecule has 0 N–H and O–H groups in total. The molecular weight excluding hydrogens is 401 g/mol. The highest BCUT2D eigenvalue weighted by Gasteiger charge is 2.20. The van der Waals surface area contributed by atoms with Crippen LogP contribution in [0, 0.1) is 23.1 Å². The molecule has 0 saturated carbocycles. The van der Waals surface area contributed by atoms with Crippen LogP contribution in [0.25, 0.3) is 17.1 Å². The van der Waals surface area contributed by atoms with Crippen molar-refractivity contribution in [2.75, 3.05) is 18.8 Å². The lowest BCUT2D eigenvalue weighted by atomic mass is 10.2. The van der Waals surface area contributed by atoms with E-state index in [1.165, 1.54) is 23.9 Å². The van der Waals surface area contributed by atoms with Crippen molar-refractivity contribution in [3.05, 3.63) is 60.4 Å². The Morgan fingerprint density at radius 2 is 1.90 bits per heavy atom. The van der Waals surface area contributed by atoms with E-state index < -0.39 is 0 Å². The van der Waals surface area contributed by atoms with Crippen molar-refractivity contribution in [3.63, 3.8) is 0 Å². The molecule has 154 valence electrons. The van der Waals surface area contributed by atoms with Gasteiger partial charge in [0.1, 0.15) is 5.82 Å². The smallest absolute Gasteiger partial charge is 0.233 e. The maximum Gasteiger partial charge on any atom is 0.233 e. The fourth-order valence-corrected chi connectivity index (χ4v) is 3.81. The number of hydrogen-bond acceptors (Lipinski definition) is 5. The molecule has 1 heterocycles. The topological polar surface area (TPSA) is 74.8 Å². The average Bonchev–Trinajstić information content (AvgIpc) is 3.20. The van der Waals surface area contributed by atoms with Gasteiger partial charge in [-0.15, -0.1) is 10.2 Å². The molecule has 3 rings (SSSR count). The van der Waals surface area contributed by atoms with Gasteiger partial charge in [-0.2, -0.15) is 5.26 Å². The lowest BCUT2D eigenvalue weighted by molar-refractivity contribution is -0.128. The fraction of sp³-hybridized carbons (Fsp3) is 0.273. The van der Waals surface area contributed by atoms with Gasteiger partial charge in [-0.3, -0.25) is 9.36 Å². The number of rotatable bonds is 8. The van der Waals surface area contributed by atoms with Gasteiger partial charge in [-0.1, -0.05) is 30.0 Å². The van der Waals surface area contributed by atoms with E-state index in [2.05, 4.69) is 16.3 Å². The summed E-state index contributed by atoms with van der Waals surface area (Å²) in [4.78, 5) is 14.3. The van der Waals surface area contributed by atoms with Crippen LogP contribution in [-0.2, 0) is 4.79 Å². The summed E-state index contributed by atoms with van der Waals surface area (Å²) in [5, 5.41) is 18.2. The van der Waals surface area contributed by atoms with Crippen molar-refractivity contribution in [2.45, 2.75) is 19.0 Å². The number of thioether (sulfide) groups is 1. The van der Waals surface area contributed by atoms with Crippen LogP contribution >= 0.6 is 11.8 Å². The standard InChI is InChI=1S/C22H22FN5OS/c1-3-27(14-16(2)13-24)20(29)15-30-22-26-25-21(17-9-11-18(23)12-10-17)28(22)19-7-5-4-6-8-19/h4-12,16H,3,14-15H2,1-2H3. The van der Waals surface area contributed by atoms with Crippen molar-refractivity contribution in [1.29, 1.82) is 5.26 Å². The third-order valence-corrected chi connectivity index (χ3v) is 5.44. The molecule has 8 heteroatoms. The second kappa shape index (κ2) is 10.0. The second-order valence-electron chi connectivity index (χ2n) is 6.74. The van der Waals surface area contributed by atoms with Gasteiger partial charge in [0.15, 0.2) is 11.0 Å². The van der Waals surface area contributed by atoms with Crippen LogP contribution in [-0.4, -0.2) is 44.4 Å². The van der Waals surface area contributed by atoms with E-state index in [0.29, 0.717) is 24.1 Å². The Balaban J connectivity index is 1.87. The minimum absolute atomic E-state index is 0.0597. The number of benzene rings is 2. The third-order valence-electron chi connectivity index (χ3n) is 4.52. The molecule has 0 bridgehead atoms. The zero-order valence-electron chi connectivity index (χ0n) is 16.8. The highest BCUT2D eigenvalue weighted by molar-refractivity contribution is 7.99. The molecule has 0 saturated heterocycles. The number of nitrogens with zero attached hydrogens (tertiary/aromatic N) is 5. The quantitative estimate of drug-likeness (QED) is 0.508. The monoisotopic (exact) mass is 423 g/mol. The zero-order valence-corrected chi connectivity index (χ0v) is 17.6. The summed E-state index contributed by atoms with van der Waals surface area (Å²) in [6.45, 7) is 4.63. The Labute approximate surface area is 179 Å². The first-order valence-corrected chi connectivity index (χ1v) is 10.6. The van der Waals surface area contributed by atoms with E-state index in [4.69, 9.17) is 5.26 Å². The number of halogens is 1. The molecular formula is C22H22FN5OS. The van der Waals surface area contributed by atoms with E-state index in [-0.39, 0.29) is 23.4 Å². The molecule has 0 fully saturated rings. The van der Waals surface area contributed by atoms with E-state index in [9.17, 15) is 9.18 Å². The summed E-state index contributed by atoms with van der Waals surface area (Å²) in [5.74, 6) is 0.144. The fourth-order valence-electron chi connectivity index (χ4n) is 2.96. The van der Waals surface area contributed by atoms with Gasteiger partial charge in [0.2, 0.25) is 5.91 Å². The van der Waals surface area contributed by atoms with Gasteiger partial charge in [0, 0.05) is 24.3 Å². The Hall–Kier alpha value is -3.18. The van der Waals surface area contributed by atoms with Crippen molar-refractivity contribution >= 4 is 17.7 Å². The van der Waals surface area contributed by atoms with Crippen LogP contribution in [0.4, 0.5) is 4.39 Å². The minimum atomic E-state index is -0.323. The zero-order chi connectivity index (χ0) is 21.5. The SMILES string of the molecule is CCN(CC(C)C#N)C(=O)CSc1nnc(-c2ccc(F)cc2)n1-c1ccccc1. The van der Waals surface area contributed by atoms with Crippen LogP contribution in [0.15, 0.2) is 59.8 Å². The summed E-state index contributed by atoms with van der Waals surface area (Å²) in [5.41, 5.74) is 1.58. The third kappa shape index (κ3) is 5.05. The van der Waals surface area contributed by atoms with Crippen LogP contribution in [0.3, 0.4) is 0 Å². The van der Waals surface area contributed by atoms with Gasteiger partial charge in [-0.25, -0.2) is 4.39 Å². The first-order chi connectivity index (χ1) is 14.5. The van der Waals surface area contributed by atoms with Crippen molar-refractivity contribution in [2.24, 2.45) is 5.92 Å². The van der Waals surface area contributed by atoms with Gasteiger partial charge < -0.3 is 4.90 Å². The molecule has 0 radical (unpaired) electrons. The van der Waals surface area contributed by atoms with Crippen LogP contribution < -0.4 is 0 Å². The minimum Gasteiger partial charge on any atom is -0.341 e. The summed E-state index contributed by atoms with van der Waals surface area (Å²) in [7, 11) is 0. The Bertz CT molecular complexity index is 1030. The summed E-state index contributed by atoms with van der Waals surface area (Å²) in [6, 6.07) is 17.8. The molecule has 6 nitrogen and oxygen atoms in total. The molecule has 1 unspecified atom stereocenters. The summed E-state index contributed by atoms with van der Waals surface area (Å²) < 4.78 is 15.2. The Morgan fingerprint density at radius 3 is 2.53 bits per heavy atom. The molecule has 1 aromatic heterocycles. The highest BCUT2D eigenvalue weighted by Crippen LogP contribution is 2.28. The molecule has 0 aliphatic rings. The van der Waals surface area contributed by atoms with E-state index in [1.807, 2.05) is 41.8 Å². The lowest BCUT2D eigenvalue weighted by Gasteiger charge is -2.21. The number of hydrogen-bond donors (Lipinski definition) is 0. The molecule has 1 atom stereocenters. The van der Waals surface area contributed by atoms with Crippen molar-refractivity contribution in [1.82, 2.24) is 19.7 Å². The molecule has 3 aromatic rings. The maximum absolute atomic E-state index is 13.4. The highest BCUT2D eigenvalue weighted by atomic mass is 32.2. The first kappa shape index (κ1) is 21.5. The lowest BCUT2D eigenvalue weighted by Crippen LogP contribution is -2.35. The number of carbonyl (C=O) groups excluding carboxylic acids is 1. The van der Waals surface area contributed by atoms with E-state index in [0.717, 1.165) is 11.3 Å². The maximum atomic E-state index is 13.4. The van der Waals surface area contributed by atoms with Crippen LogP contribution in [0.1, 0.15) is 13.8 Å². The molecule has 30 heavy (non-hydrogen) atoms. The normalized spacial score (nSPS) is 11.7. The molecule has 0 aliphatic carbocycles. The van der Waals surface area contributed by atoms with Gasteiger partial charge in [-0.05, 0) is 50.2 Å². The largest absolute Gasteiger partial charge is 0.341 e. The summed E-state index contributed by atoms with van der Waals surface area (Å²) in [6.07, 6.45) is 0. The number of para-hydroxylation sites is 1. The number of aromatic nitrogens is 3. The van der Waals surface area contributed by atoms with Crippen molar-refractivity contribution in [3.8, 4) is 23.1 Å². The van der Waals surface area contributed by atoms with E-state index in [1.54, 1.807) is 24.0 Å². The molecule has 0 aliphatic heterocycles. The van der Waals surface area contributed by atoms with E-state index >= 15 is 0 Å². The predicted molar refractivity (Wildman–Crippen MR) is 115 cm³/mol. The Morgan fingerprint density at radius 1 is 1.20 bits per heavy atom. The number of nitriles is 1. The molecule has 1 amide bonds.